The van der Waals surface area contributed by atoms with Gasteiger partial charge in [-0.2, -0.15) is 0 Å². The lowest BCUT2D eigenvalue weighted by atomic mass is 10.3. The molecule has 2 N–H and O–H groups in total. The van der Waals surface area contributed by atoms with Gasteiger partial charge in [0.05, 0.1) is 11.6 Å². The van der Waals surface area contributed by atoms with Crippen LogP contribution in [0.1, 0.15) is 20.3 Å². The summed E-state index contributed by atoms with van der Waals surface area (Å²) >= 11 is 4.71. The molecule has 7 heteroatoms. The topological polar surface area (TPSA) is 38.5 Å². The molecular weight excluding hydrogens is 241 g/mol. The Labute approximate surface area is 98.7 Å². The number of thiocarbonyl (C=S) groups is 1. The van der Waals surface area contributed by atoms with Gasteiger partial charge in [0.1, 0.15) is 0 Å². The van der Waals surface area contributed by atoms with E-state index in [9.17, 15) is 13.2 Å². The molecule has 0 saturated carbocycles. The van der Waals surface area contributed by atoms with Crippen molar-refractivity contribution >= 4 is 17.2 Å². The summed E-state index contributed by atoms with van der Waals surface area (Å²) in [5.74, 6) is 0. The number of halogens is 3. The number of alkyl halides is 3. The van der Waals surface area contributed by atoms with Crippen LogP contribution in [-0.2, 0) is 4.74 Å². The molecule has 0 aliphatic heterocycles. The van der Waals surface area contributed by atoms with Gasteiger partial charge < -0.3 is 5.73 Å². The highest BCUT2D eigenvalue weighted by Crippen LogP contribution is 2.15. The summed E-state index contributed by atoms with van der Waals surface area (Å²) in [5, 5.41) is 0. The second kappa shape index (κ2) is 7.03. The molecular formula is C9H17F3N2OS. The lowest BCUT2D eigenvalue weighted by molar-refractivity contribution is -0.325. The van der Waals surface area contributed by atoms with Crippen LogP contribution in [0.3, 0.4) is 0 Å². The number of nitrogens with zero attached hydrogens (tertiary/aromatic N) is 1. The highest BCUT2D eigenvalue weighted by Gasteiger charge is 2.29. The smallest absolute Gasteiger partial charge is 0.393 e. The average molecular weight is 258 g/mol. The fourth-order valence-electron chi connectivity index (χ4n) is 1.16. The van der Waals surface area contributed by atoms with Gasteiger partial charge in [0.25, 0.3) is 0 Å². The van der Waals surface area contributed by atoms with Gasteiger partial charge in [-0.3, -0.25) is 9.64 Å². The number of nitrogens with two attached hydrogens (primary N) is 1. The van der Waals surface area contributed by atoms with Crippen LogP contribution in [0.2, 0.25) is 0 Å². The summed E-state index contributed by atoms with van der Waals surface area (Å²) in [6.07, 6.45) is -4.06. The third-order valence-corrected chi connectivity index (χ3v) is 2.22. The van der Waals surface area contributed by atoms with Crippen molar-refractivity contribution in [2.24, 2.45) is 5.73 Å². The van der Waals surface area contributed by atoms with Crippen LogP contribution in [0, 0.1) is 0 Å². The van der Waals surface area contributed by atoms with Gasteiger partial charge in [-0.1, -0.05) is 12.2 Å². The van der Waals surface area contributed by atoms with Crippen LogP contribution in [0.25, 0.3) is 0 Å². The van der Waals surface area contributed by atoms with Gasteiger partial charge in [0.15, 0.2) is 0 Å². The molecule has 0 spiro atoms. The zero-order chi connectivity index (χ0) is 12.8. The maximum absolute atomic E-state index is 11.7. The Morgan fingerprint density at radius 3 is 2.31 bits per heavy atom. The number of rotatable bonds is 7. The van der Waals surface area contributed by atoms with Gasteiger partial charge >= 0.3 is 6.36 Å². The van der Waals surface area contributed by atoms with E-state index < -0.39 is 6.36 Å². The highest BCUT2D eigenvalue weighted by atomic mass is 32.1. The van der Waals surface area contributed by atoms with E-state index in [1.54, 1.807) is 0 Å². The predicted octanol–water partition coefficient (Wildman–Crippen LogP) is 1.91. The van der Waals surface area contributed by atoms with E-state index in [0.717, 1.165) is 0 Å². The first-order valence-electron chi connectivity index (χ1n) is 4.95. The molecule has 96 valence electrons. The van der Waals surface area contributed by atoms with E-state index in [1.807, 2.05) is 18.7 Å². The van der Waals surface area contributed by atoms with Crippen LogP contribution in [0.5, 0.6) is 0 Å². The first kappa shape index (κ1) is 15.6. The molecule has 16 heavy (non-hydrogen) atoms. The van der Waals surface area contributed by atoms with Crippen molar-refractivity contribution < 1.29 is 17.9 Å². The maximum atomic E-state index is 11.7. The standard InChI is InChI=1S/C9H17F3N2OS/c1-7(2)14(4-3-8(13)16)5-6-15-9(10,11)12/h7H,3-6H2,1-2H3,(H2,13,16). The minimum atomic E-state index is -4.56. The summed E-state index contributed by atoms with van der Waals surface area (Å²) in [6.45, 7) is 4.17. The molecule has 3 nitrogen and oxygen atoms in total. The second-order valence-corrected chi connectivity index (χ2v) is 4.16. The van der Waals surface area contributed by atoms with Gasteiger partial charge in [-0.25, -0.2) is 0 Å². The van der Waals surface area contributed by atoms with Crippen molar-refractivity contribution in [3.8, 4) is 0 Å². The van der Waals surface area contributed by atoms with Crippen molar-refractivity contribution in [2.75, 3.05) is 19.7 Å². The van der Waals surface area contributed by atoms with Crippen molar-refractivity contribution in [2.45, 2.75) is 32.7 Å². The second-order valence-electron chi connectivity index (χ2n) is 3.64. The first-order valence-corrected chi connectivity index (χ1v) is 5.36. The van der Waals surface area contributed by atoms with Crippen LogP contribution >= 0.6 is 12.2 Å². The zero-order valence-electron chi connectivity index (χ0n) is 9.38. The molecule has 0 aromatic rings. The molecule has 0 aromatic heterocycles. The normalized spacial score (nSPS) is 12.4. The van der Waals surface area contributed by atoms with Crippen LogP contribution in [0.15, 0.2) is 0 Å². The molecule has 0 atom stereocenters. The Bertz CT molecular complexity index is 221. The van der Waals surface area contributed by atoms with Crippen molar-refractivity contribution in [1.29, 1.82) is 0 Å². The fraction of sp³-hybridized carbons (Fsp3) is 0.889. The molecule has 0 rings (SSSR count). The monoisotopic (exact) mass is 258 g/mol. The molecule has 0 unspecified atom stereocenters. The molecule has 0 saturated heterocycles. The summed E-state index contributed by atoms with van der Waals surface area (Å²) in [5.41, 5.74) is 5.33. The molecule has 0 aliphatic carbocycles. The largest absolute Gasteiger partial charge is 0.522 e. The maximum Gasteiger partial charge on any atom is 0.522 e. The summed E-state index contributed by atoms with van der Waals surface area (Å²) in [6, 6.07) is 0.131. The average Bonchev–Trinajstić information content (AvgIpc) is 2.07. The lowest BCUT2D eigenvalue weighted by Gasteiger charge is -2.26. The third kappa shape index (κ3) is 8.87. The van der Waals surface area contributed by atoms with Crippen molar-refractivity contribution in [1.82, 2.24) is 4.90 Å². The lowest BCUT2D eigenvalue weighted by Crippen LogP contribution is -2.37. The quantitative estimate of drug-likeness (QED) is 0.708. The van der Waals surface area contributed by atoms with Gasteiger partial charge in [0, 0.05) is 25.6 Å². The summed E-state index contributed by atoms with van der Waals surface area (Å²) < 4.78 is 38.9. The number of hydrogen-bond donors (Lipinski definition) is 1. The molecule has 0 aliphatic rings. The SMILES string of the molecule is CC(C)N(CCOC(F)(F)F)CCC(N)=S. The van der Waals surface area contributed by atoms with Crippen LogP contribution < -0.4 is 5.73 Å². The van der Waals surface area contributed by atoms with Crippen molar-refractivity contribution in [3.63, 3.8) is 0 Å². The van der Waals surface area contributed by atoms with Crippen LogP contribution in [-0.4, -0.2) is 42.0 Å². The van der Waals surface area contributed by atoms with Gasteiger partial charge in [-0.05, 0) is 13.8 Å². The molecule has 0 radical (unpaired) electrons. The Kier molecular flexibility index (Phi) is 6.85. The molecule has 0 aromatic carbocycles. The molecule has 0 fully saturated rings. The predicted molar refractivity (Wildman–Crippen MR) is 60.1 cm³/mol. The fourth-order valence-corrected chi connectivity index (χ4v) is 1.25. The van der Waals surface area contributed by atoms with E-state index >= 15 is 0 Å². The Morgan fingerprint density at radius 2 is 1.94 bits per heavy atom. The van der Waals surface area contributed by atoms with E-state index in [0.29, 0.717) is 18.0 Å². The van der Waals surface area contributed by atoms with E-state index in [1.165, 1.54) is 0 Å². The number of hydrogen-bond acceptors (Lipinski definition) is 3. The minimum Gasteiger partial charge on any atom is -0.393 e. The third-order valence-electron chi connectivity index (χ3n) is 2.02. The molecule has 0 heterocycles. The Morgan fingerprint density at radius 1 is 1.38 bits per heavy atom. The van der Waals surface area contributed by atoms with Crippen LogP contribution in [0.4, 0.5) is 13.2 Å². The summed E-state index contributed by atoms with van der Waals surface area (Å²) in [7, 11) is 0. The van der Waals surface area contributed by atoms with E-state index in [4.69, 9.17) is 18.0 Å². The van der Waals surface area contributed by atoms with Gasteiger partial charge in [0.2, 0.25) is 0 Å². The van der Waals surface area contributed by atoms with E-state index in [2.05, 4.69) is 4.74 Å². The first-order chi connectivity index (χ1) is 7.22. The van der Waals surface area contributed by atoms with Crippen molar-refractivity contribution in [3.05, 3.63) is 0 Å². The number of ether oxygens (including phenoxy) is 1. The Hall–Kier alpha value is -0.400. The van der Waals surface area contributed by atoms with E-state index in [-0.39, 0.29) is 19.2 Å². The highest BCUT2D eigenvalue weighted by molar-refractivity contribution is 7.80. The van der Waals surface area contributed by atoms with Gasteiger partial charge in [-0.15, -0.1) is 13.2 Å². The molecule has 0 amide bonds. The summed E-state index contributed by atoms with van der Waals surface area (Å²) in [4.78, 5) is 2.20. The zero-order valence-corrected chi connectivity index (χ0v) is 10.2. The minimum absolute atomic E-state index is 0.131. The Balaban J connectivity index is 3.90. The molecule has 0 bridgehead atoms.